The Morgan fingerprint density at radius 1 is 1.06 bits per heavy atom. The van der Waals surface area contributed by atoms with Gasteiger partial charge in [-0.3, -0.25) is 29.4 Å². The lowest BCUT2D eigenvalue weighted by molar-refractivity contribution is -0.385. The zero-order chi connectivity index (χ0) is 24.5. The molecular weight excluding hydrogens is 468 g/mol. The predicted molar refractivity (Wildman–Crippen MR) is 133 cm³/mol. The quantitative estimate of drug-likeness (QED) is 0.290. The summed E-state index contributed by atoms with van der Waals surface area (Å²) in [6.45, 7) is 1.34. The van der Waals surface area contributed by atoms with E-state index in [1.54, 1.807) is 29.2 Å². The molecular formula is C25H22N4O5S. The van der Waals surface area contributed by atoms with Crippen molar-refractivity contribution in [3.8, 4) is 0 Å². The molecule has 2 fully saturated rings. The van der Waals surface area contributed by atoms with Crippen LogP contribution in [0.25, 0.3) is 17.0 Å². The Balaban J connectivity index is 1.44. The van der Waals surface area contributed by atoms with Gasteiger partial charge < -0.3 is 9.47 Å². The van der Waals surface area contributed by atoms with E-state index in [1.807, 2.05) is 35.0 Å². The van der Waals surface area contributed by atoms with Gasteiger partial charge in [0.25, 0.3) is 16.8 Å². The number of rotatable bonds is 6. The first-order valence-corrected chi connectivity index (χ1v) is 12.1. The number of para-hydroxylation sites is 2. The van der Waals surface area contributed by atoms with Crippen molar-refractivity contribution in [2.24, 2.45) is 0 Å². The SMILES string of the molecule is O=C(CN1C(=O)S/C(=C\c2cn(Cc3ccccc3[N+](=O)[O-])c3ccccc23)C1=O)N1CCCC1. The normalized spacial score (nSPS) is 17.2. The number of hydrogen-bond donors (Lipinski definition) is 0. The summed E-state index contributed by atoms with van der Waals surface area (Å²) in [6, 6.07) is 14.1. The van der Waals surface area contributed by atoms with E-state index in [2.05, 4.69) is 0 Å². The molecule has 0 aliphatic carbocycles. The Morgan fingerprint density at radius 3 is 2.54 bits per heavy atom. The van der Waals surface area contributed by atoms with E-state index in [4.69, 9.17) is 0 Å². The number of nitro benzene ring substituents is 1. The third-order valence-electron chi connectivity index (χ3n) is 6.26. The monoisotopic (exact) mass is 490 g/mol. The summed E-state index contributed by atoms with van der Waals surface area (Å²) in [6.07, 6.45) is 5.35. The van der Waals surface area contributed by atoms with Gasteiger partial charge in [-0.2, -0.15) is 0 Å². The molecule has 0 radical (unpaired) electrons. The van der Waals surface area contributed by atoms with Crippen LogP contribution in [-0.4, -0.2) is 56.0 Å². The number of benzene rings is 2. The largest absolute Gasteiger partial charge is 0.342 e. The Morgan fingerprint density at radius 2 is 1.77 bits per heavy atom. The van der Waals surface area contributed by atoms with E-state index in [0.717, 1.165) is 46.0 Å². The standard InChI is InChI=1S/C25H22N4O5S/c30-23(26-11-5-6-12-26)16-28-24(31)22(35-25(28)32)13-18-15-27(21-10-4-2-8-19(18)21)14-17-7-1-3-9-20(17)29(33)34/h1-4,7-10,13,15H,5-6,11-12,14,16H2/b22-13-. The van der Waals surface area contributed by atoms with Crippen LogP contribution in [0.5, 0.6) is 0 Å². The number of hydrogen-bond acceptors (Lipinski definition) is 6. The van der Waals surface area contributed by atoms with Gasteiger partial charge in [0.1, 0.15) is 6.54 Å². The molecule has 0 unspecified atom stereocenters. The second-order valence-corrected chi connectivity index (χ2v) is 9.46. The van der Waals surface area contributed by atoms with Crippen LogP contribution in [0.3, 0.4) is 0 Å². The molecule has 2 aliphatic heterocycles. The third kappa shape index (κ3) is 4.44. The first-order chi connectivity index (χ1) is 16.9. The molecule has 178 valence electrons. The number of nitro groups is 1. The van der Waals surface area contributed by atoms with E-state index < -0.39 is 16.1 Å². The van der Waals surface area contributed by atoms with E-state index in [-0.39, 0.29) is 29.6 Å². The molecule has 3 amide bonds. The van der Waals surface area contributed by atoms with Crippen LogP contribution in [0.15, 0.2) is 59.6 Å². The minimum absolute atomic E-state index is 0.0376. The highest BCUT2D eigenvalue weighted by atomic mass is 32.2. The number of amides is 3. The Hall–Kier alpha value is -3.92. The number of thioether (sulfide) groups is 1. The molecule has 0 bridgehead atoms. The van der Waals surface area contributed by atoms with Gasteiger partial charge in [-0.25, -0.2) is 0 Å². The van der Waals surface area contributed by atoms with E-state index >= 15 is 0 Å². The van der Waals surface area contributed by atoms with E-state index in [1.165, 1.54) is 6.07 Å². The molecule has 5 rings (SSSR count). The van der Waals surface area contributed by atoms with Crippen LogP contribution in [0.4, 0.5) is 10.5 Å². The maximum Gasteiger partial charge on any atom is 0.294 e. The Bertz CT molecular complexity index is 1390. The minimum atomic E-state index is -0.483. The summed E-state index contributed by atoms with van der Waals surface area (Å²) in [7, 11) is 0. The number of fused-ring (bicyclic) bond motifs is 1. The summed E-state index contributed by atoms with van der Waals surface area (Å²) in [5.74, 6) is -0.699. The molecule has 1 aromatic heterocycles. The van der Waals surface area contributed by atoms with Crippen molar-refractivity contribution in [3.05, 3.63) is 80.9 Å². The summed E-state index contributed by atoms with van der Waals surface area (Å²) in [4.78, 5) is 52.0. The van der Waals surface area contributed by atoms with Gasteiger partial charge in [0.05, 0.1) is 16.4 Å². The van der Waals surface area contributed by atoms with Crippen LogP contribution in [0.1, 0.15) is 24.0 Å². The van der Waals surface area contributed by atoms with Gasteiger partial charge in [-0.05, 0) is 36.7 Å². The van der Waals surface area contributed by atoms with Crippen molar-refractivity contribution >= 4 is 51.5 Å². The van der Waals surface area contributed by atoms with Crippen molar-refractivity contribution in [1.29, 1.82) is 0 Å². The van der Waals surface area contributed by atoms with Crippen LogP contribution >= 0.6 is 11.8 Å². The molecule has 2 aliphatic rings. The molecule has 35 heavy (non-hydrogen) atoms. The predicted octanol–water partition coefficient (Wildman–Crippen LogP) is 4.26. The third-order valence-corrected chi connectivity index (χ3v) is 7.17. The Kier molecular flexibility index (Phi) is 6.12. The van der Waals surface area contributed by atoms with Gasteiger partial charge in [-0.15, -0.1) is 0 Å². The molecule has 0 atom stereocenters. The fraction of sp³-hybridized carbons (Fsp3) is 0.240. The van der Waals surface area contributed by atoms with Gasteiger partial charge in [-0.1, -0.05) is 36.4 Å². The Labute approximate surface area is 205 Å². The van der Waals surface area contributed by atoms with Crippen LogP contribution in [0, 0.1) is 10.1 Å². The van der Waals surface area contributed by atoms with Crippen LogP contribution in [-0.2, 0) is 16.1 Å². The zero-order valence-corrected chi connectivity index (χ0v) is 19.6. The molecule has 10 heteroatoms. The summed E-state index contributed by atoms with van der Waals surface area (Å²) in [5, 5.41) is 11.8. The fourth-order valence-corrected chi connectivity index (χ4v) is 5.34. The fourth-order valence-electron chi connectivity index (χ4n) is 4.51. The van der Waals surface area contributed by atoms with Crippen molar-refractivity contribution in [3.63, 3.8) is 0 Å². The summed E-state index contributed by atoms with van der Waals surface area (Å²) >= 11 is 0.819. The first kappa shape index (κ1) is 22.9. The summed E-state index contributed by atoms with van der Waals surface area (Å²) < 4.78 is 1.89. The molecule has 2 aromatic carbocycles. The van der Waals surface area contributed by atoms with Gasteiger partial charge in [0.2, 0.25) is 5.91 Å². The number of carbonyl (C=O) groups excluding carboxylic acids is 3. The average molecular weight is 491 g/mol. The second-order valence-electron chi connectivity index (χ2n) is 8.47. The van der Waals surface area contributed by atoms with Gasteiger partial charge >= 0.3 is 0 Å². The molecule has 0 saturated carbocycles. The number of likely N-dealkylation sites (tertiary alicyclic amines) is 1. The molecule has 3 heterocycles. The number of nitrogens with zero attached hydrogens (tertiary/aromatic N) is 4. The number of carbonyl (C=O) groups is 3. The maximum absolute atomic E-state index is 13.0. The lowest BCUT2D eigenvalue weighted by Gasteiger charge is -2.18. The van der Waals surface area contributed by atoms with E-state index in [9.17, 15) is 24.5 Å². The average Bonchev–Trinajstić information content (AvgIpc) is 3.56. The highest BCUT2D eigenvalue weighted by Crippen LogP contribution is 2.34. The topological polar surface area (TPSA) is 106 Å². The van der Waals surface area contributed by atoms with Crippen molar-refractivity contribution < 1.29 is 19.3 Å². The van der Waals surface area contributed by atoms with Crippen molar-refractivity contribution in [2.45, 2.75) is 19.4 Å². The highest BCUT2D eigenvalue weighted by Gasteiger charge is 2.37. The summed E-state index contributed by atoms with van der Waals surface area (Å²) in [5.41, 5.74) is 2.16. The van der Waals surface area contributed by atoms with Gasteiger partial charge in [0, 0.05) is 47.4 Å². The molecule has 2 saturated heterocycles. The first-order valence-electron chi connectivity index (χ1n) is 11.3. The number of imide groups is 1. The molecule has 9 nitrogen and oxygen atoms in total. The second kappa shape index (κ2) is 9.38. The maximum atomic E-state index is 13.0. The minimum Gasteiger partial charge on any atom is -0.342 e. The lowest BCUT2D eigenvalue weighted by Crippen LogP contribution is -2.40. The smallest absolute Gasteiger partial charge is 0.294 e. The van der Waals surface area contributed by atoms with Crippen LogP contribution in [0.2, 0.25) is 0 Å². The van der Waals surface area contributed by atoms with Crippen LogP contribution < -0.4 is 0 Å². The van der Waals surface area contributed by atoms with E-state index in [0.29, 0.717) is 18.7 Å². The zero-order valence-electron chi connectivity index (χ0n) is 18.8. The van der Waals surface area contributed by atoms with Gasteiger partial charge in [0.15, 0.2) is 0 Å². The highest BCUT2D eigenvalue weighted by molar-refractivity contribution is 8.18. The molecule has 3 aromatic rings. The molecule has 0 spiro atoms. The molecule has 0 N–H and O–H groups in total. The van der Waals surface area contributed by atoms with Crippen molar-refractivity contribution in [1.82, 2.24) is 14.4 Å². The number of aromatic nitrogens is 1. The van der Waals surface area contributed by atoms with Crippen molar-refractivity contribution in [2.75, 3.05) is 19.6 Å². The lowest BCUT2D eigenvalue weighted by atomic mass is 10.1.